The summed E-state index contributed by atoms with van der Waals surface area (Å²) in [7, 11) is 7.60. The number of ether oxygens (including phenoxy) is 4. The maximum absolute atomic E-state index is 14.2. The fraction of sp³-hybridized carbons (Fsp3) is 0.778. The van der Waals surface area contributed by atoms with Crippen molar-refractivity contribution in [3.8, 4) is 0 Å². The van der Waals surface area contributed by atoms with Gasteiger partial charge in [0.25, 0.3) is 0 Å². The molecule has 0 aliphatic carbocycles. The zero-order chi connectivity index (χ0) is 34.0. The molecule has 0 bridgehead atoms. The van der Waals surface area contributed by atoms with Crippen molar-refractivity contribution >= 4 is 11.8 Å². The van der Waals surface area contributed by atoms with E-state index in [0.29, 0.717) is 18.8 Å². The number of carbonyl (C=O) groups excluding carboxylic acids is 2. The molecule has 10 nitrogen and oxygen atoms in total. The number of esters is 1. The number of benzene rings is 1. The number of likely N-dealkylation sites (N-methyl/N-ethyl adjacent to an activating group) is 2. The number of cyclic esters (lactones) is 1. The number of aliphatic hydroxyl groups is 1. The fourth-order valence-electron chi connectivity index (χ4n) is 7.88. The Hall–Kier alpha value is -1.92. The number of carbonyl (C=O) groups is 2. The Bertz CT molecular complexity index is 1160. The van der Waals surface area contributed by atoms with Gasteiger partial charge >= 0.3 is 5.97 Å². The van der Waals surface area contributed by atoms with Gasteiger partial charge in [-0.15, -0.1) is 0 Å². The molecule has 3 aliphatic rings. The van der Waals surface area contributed by atoms with Crippen molar-refractivity contribution in [1.29, 1.82) is 0 Å². The molecule has 0 aromatic heterocycles. The summed E-state index contributed by atoms with van der Waals surface area (Å²) in [6.45, 7) is 14.9. The van der Waals surface area contributed by atoms with E-state index in [1.807, 2.05) is 38.9 Å². The highest BCUT2D eigenvalue weighted by atomic mass is 16.7. The van der Waals surface area contributed by atoms with E-state index in [2.05, 4.69) is 48.0 Å². The highest BCUT2D eigenvalue weighted by Gasteiger charge is 2.52. The topological polar surface area (TPSA) is 101 Å². The lowest BCUT2D eigenvalue weighted by Gasteiger charge is -2.47. The molecule has 0 unspecified atom stereocenters. The van der Waals surface area contributed by atoms with Gasteiger partial charge in [-0.2, -0.15) is 0 Å². The van der Waals surface area contributed by atoms with Gasteiger partial charge in [-0.1, -0.05) is 44.2 Å². The summed E-state index contributed by atoms with van der Waals surface area (Å²) in [5.74, 6) is -1.09. The Balaban J connectivity index is 1.59. The monoisotopic (exact) mass is 645 g/mol. The average molecular weight is 646 g/mol. The van der Waals surface area contributed by atoms with Crippen LogP contribution >= 0.6 is 0 Å². The summed E-state index contributed by atoms with van der Waals surface area (Å²) in [4.78, 5) is 34.6. The van der Waals surface area contributed by atoms with Crippen molar-refractivity contribution in [2.75, 3.05) is 54.5 Å². The number of hydrogen-bond donors (Lipinski definition) is 1. The quantitative estimate of drug-likeness (QED) is 0.351. The molecule has 3 heterocycles. The molecule has 260 valence electrons. The Morgan fingerprint density at radius 2 is 1.70 bits per heavy atom. The number of ketones is 1. The molecule has 46 heavy (non-hydrogen) atoms. The van der Waals surface area contributed by atoms with Crippen LogP contribution in [0.2, 0.25) is 0 Å². The van der Waals surface area contributed by atoms with Gasteiger partial charge in [0.05, 0.1) is 17.8 Å². The van der Waals surface area contributed by atoms with Crippen LogP contribution in [0.1, 0.15) is 59.9 Å². The standard InChI is InChI=1S/C36H59N3O7/c1-23-17-36(6,43-10)32(46-33-30(40)28(37(7)8)16-24(2)45-33)25(3)31(41)35(4,5)34(42)44-22-29(38(9)18-23)27-20-39(21-27)19-26-14-12-11-13-15-26/h11-15,23-25,27-30,32-33,40H,16-22H2,1-10H3/t23-,24-,25+,28+,29+,30-,32-,33+,36-/m1/s1. The van der Waals surface area contributed by atoms with Crippen LogP contribution in [-0.2, 0) is 35.1 Å². The Kier molecular flexibility index (Phi) is 12.1. The number of Topliss-reactive ketones (excluding diaryl/α,β-unsaturated/α-hetero) is 1. The molecule has 1 N–H and O–H groups in total. The molecule has 1 aromatic carbocycles. The molecule has 0 amide bonds. The predicted octanol–water partition coefficient (Wildman–Crippen LogP) is 3.45. The number of nitrogens with zero attached hydrogens (tertiary/aromatic N) is 3. The molecule has 3 saturated heterocycles. The maximum atomic E-state index is 14.2. The summed E-state index contributed by atoms with van der Waals surface area (Å²) >= 11 is 0. The molecule has 0 saturated carbocycles. The first-order chi connectivity index (χ1) is 21.6. The van der Waals surface area contributed by atoms with Gasteiger partial charge in [-0.3, -0.25) is 19.4 Å². The molecule has 1 aromatic rings. The normalized spacial score (nSPS) is 37.6. The second-order valence-electron chi connectivity index (χ2n) is 15.3. The van der Waals surface area contributed by atoms with Crippen LogP contribution in [0.3, 0.4) is 0 Å². The number of aliphatic hydroxyl groups excluding tert-OH is 1. The van der Waals surface area contributed by atoms with Crippen LogP contribution in [-0.4, -0.2) is 128 Å². The Morgan fingerprint density at radius 1 is 1.04 bits per heavy atom. The van der Waals surface area contributed by atoms with Crippen molar-refractivity contribution in [2.45, 2.75) is 103 Å². The van der Waals surface area contributed by atoms with E-state index < -0.39 is 41.4 Å². The van der Waals surface area contributed by atoms with E-state index in [9.17, 15) is 14.7 Å². The van der Waals surface area contributed by atoms with Gasteiger partial charge in [0.15, 0.2) is 12.1 Å². The molecule has 4 rings (SSSR count). The highest BCUT2D eigenvalue weighted by molar-refractivity contribution is 6.04. The molecule has 9 atom stereocenters. The van der Waals surface area contributed by atoms with Gasteiger partial charge in [0.1, 0.15) is 18.1 Å². The van der Waals surface area contributed by atoms with Gasteiger partial charge in [0.2, 0.25) is 0 Å². The zero-order valence-electron chi connectivity index (χ0n) is 29.8. The Morgan fingerprint density at radius 3 is 2.30 bits per heavy atom. The number of hydrogen-bond acceptors (Lipinski definition) is 10. The molecule has 3 fully saturated rings. The van der Waals surface area contributed by atoms with Crippen molar-refractivity contribution < 1.29 is 33.6 Å². The van der Waals surface area contributed by atoms with Crippen LogP contribution in [0.5, 0.6) is 0 Å². The second kappa shape index (κ2) is 15.1. The first-order valence-electron chi connectivity index (χ1n) is 17.0. The molecule has 3 aliphatic heterocycles. The van der Waals surface area contributed by atoms with Crippen LogP contribution in [0.15, 0.2) is 30.3 Å². The first kappa shape index (κ1) is 36.9. The minimum Gasteiger partial charge on any atom is -0.463 e. The van der Waals surface area contributed by atoms with Gasteiger partial charge < -0.3 is 29.0 Å². The summed E-state index contributed by atoms with van der Waals surface area (Å²) in [5.41, 5.74) is -1.05. The van der Waals surface area contributed by atoms with E-state index >= 15 is 0 Å². The van der Waals surface area contributed by atoms with E-state index in [1.54, 1.807) is 27.9 Å². The Labute approximate surface area is 276 Å². The van der Waals surface area contributed by atoms with Crippen molar-refractivity contribution in [2.24, 2.45) is 23.2 Å². The van der Waals surface area contributed by atoms with E-state index in [0.717, 1.165) is 26.2 Å². The van der Waals surface area contributed by atoms with Gasteiger partial charge in [0, 0.05) is 57.2 Å². The second-order valence-corrected chi connectivity index (χ2v) is 15.3. The lowest BCUT2D eigenvalue weighted by Crippen LogP contribution is -2.59. The average Bonchev–Trinajstić information content (AvgIpc) is 2.98. The first-order valence-corrected chi connectivity index (χ1v) is 17.0. The van der Waals surface area contributed by atoms with E-state index in [1.165, 1.54) is 5.56 Å². The molecular formula is C36H59N3O7. The molecule has 0 radical (unpaired) electrons. The van der Waals surface area contributed by atoms with Gasteiger partial charge in [-0.05, 0) is 73.2 Å². The zero-order valence-corrected chi connectivity index (χ0v) is 29.8. The molecule has 10 heteroatoms. The maximum Gasteiger partial charge on any atom is 0.319 e. The largest absolute Gasteiger partial charge is 0.463 e. The highest BCUT2D eigenvalue weighted by Crippen LogP contribution is 2.38. The van der Waals surface area contributed by atoms with Crippen molar-refractivity contribution in [3.63, 3.8) is 0 Å². The summed E-state index contributed by atoms with van der Waals surface area (Å²) < 4.78 is 25.0. The molecular weight excluding hydrogens is 586 g/mol. The summed E-state index contributed by atoms with van der Waals surface area (Å²) in [5, 5.41) is 11.3. The molecule has 0 spiro atoms. The van der Waals surface area contributed by atoms with E-state index in [4.69, 9.17) is 18.9 Å². The minimum atomic E-state index is -1.41. The van der Waals surface area contributed by atoms with E-state index in [-0.39, 0.29) is 36.5 Å². The minimum absolute atomic E-state index is 0.0126. The lowest BCUT2D eigenvalue weighted by molar-refractivity contribution is -0.295. The summed E-state index contributed by atoms with van der Waals surface area (Å²) in [6, 6.07) is 10.3. The third-order valence-electron chi connectivity index (χ3n) is 10.7. The summed E-state index contributed by atoms with van der Waals surface area (Å²) in [6.07, 6.45) is -1.59. The number of likely N-dealkylation sites (tertiary alicyclic amines) is 1. The SMILES string of the molecule is CO[C@]1(C)C[C@@H](C)CN(C)[C@H](C2CN(Cc3ccccc3)C2)COC(=O)C(C)(C)C(=O)[C@H](C)[C@H]1O[C@@H]1O[C@H](C)C[C@H](N(C)C)[C@H]1O. The van der Waals surface area contributed by atoms with Crippen LogP contribution < -0.4 is 0 Å². The third-order valence-corrected chi connectivity index (χ3v) is 10.7. The van der Waals surface area contributed by atoms with Crippen LogP contribution in [0, 0.1) is 23.2 Å². The van der Waals surface area contributed by atoms with Crippen molar-refractivity contribution in [3.05, 3.63) is 35.9 Å². The van der Waals surface area contributed by atoms with Crippen LogP contribution in [0.25, 0.3) is 0 Å². The lowest BCUT2D eigenvalue weighted by atomic mass is 9.74. The van der Waals surface area contributed by atoms with Crippen molar-refractivity contribution in [1.82, 2.24) is 14.7 Å². The predicted molar refractivity (Wildman–Crippen MR) is 177 cm³/mol. The third kappa shape index (κ3) is 8.20. The number of methoxy groups -OCH3 is 1. The fourth-order valence-corrected chi connectivity index (χ4v) is 7.88. The van der Waals surface area contributed by atoms with Crippen LogP contribution in [0.4, 0.5) is 0 Å². The smallest absolute Gasteiger partial charge is 0.319 e. The number of rotatable bonds is 7. The van der Waals surface area contributed by atoms with Gasteiger partial charge in [-0.25, -0.2) is 0 Å².